The van der Waals surface area contributed by atoms with Crippen molar-refractivity contribution in [3.8, 4) is 5.75 Å². The van der Waals surface area contributed by atoms with Gasteiger partial charge in [-0.1, -0.05) is 48.5 Å². The van der Waals surface area contributed by atoms with E-state index in [2.05, 4.69) is 5.32 Å². The van der Waals surface area contributed by atoms with E-state index >= 15 is 0 Å². The minimum Gasteiger partial charge on any atom is -0.493 e. The molecule has 32 heavy (non-hydrogen) atoms. The van der Waals surface area contributed by atoms with Gasteiger partial charge in [0.1, 0.15) is 17.7 Å². The molecule has 0 aliphatic heterocycles. The van der Waals surface area contributed by atoms with Crippen LogP contribution in [0.5, 0.6) is 5.75 Å². The Morgan fingerprint density at radius 3 is 2.41 bits per heavy atom. The van der Waals surface area contributed by atoms with E-state index in [0.29, 0.717) is 31.9 Å². The van der Waals surface area contributed by atoms with Crippen LogP contribution in [0.2, 0.25) is 0 Å². The fourth-order valence-corrected chi connectivity index (χ4v) is 3.28. The average molecular weight is 437 g/mol. The number of carbonyl (C=O) groups excluding carboxylic acids is 1. The summed E-state index contributed by atoms with van der Waals surface area (Å²) in [5, 5.41) is 3.00. The highest BCUT2D eigenvalue weighted by Gasteiger charge is 2.20. The van der Waals surface area contributed by atoms with Crippen molar-refractivity contribution in [2.24, 2.45) is 0 Å². The number of anilines is 1. The summed E-state index contributed by atoms with van der Waals surface area (Å²) in [7, 11) is 1.80. The number of halogens is 1. The van der Waals surface area contributed by atoms with E-state index in [4.69, 9.17) is 9.47 Å². The normalized spacial score (nSPS) is 11.6. The lowest BCUT2D eigenvalue weighted by molar-refractivity contribution is 0.0981. The summed E-state index contributed by atoms with van der Waals surface area (Å²) in [5.74, 6) is 0.318. The van der Waals surface area contributed by atoms with Gasteiger partial charge in [-0.2, -0.15) is 0 Å². The molecule has 168 valence electrons. The maximum Gasteiger partial charge on any atom is 0.414 e. The Morgan fingerprint density at radius 2 is 1.72 bits per heavy atom. The van der Waals surface area contributed by atoms with Crippen LogP contribution in [-0.4, -0.2) is 25.9 Å². The molecule has 0 radical (unpaired) electrons. The summed E-state index contributed by atoms with van der Waals surface area (Å²) in [6.07, 6.45) is -0.251. The van der Waals surface area contributed by atoms with E-state index in [9.17, 15) is 9.18 Å². The van der Waals surface area contributed by atoms with Gasteiger partial charge in [-0.25, -0.2) is 9.18 Å². The number of carbonyl (C=O) groups is 1. The molecule has 0 fully saturated rings. The molecule has 3 rings (SSSR count). The summed E-state index contributed by atoms with van der Waals surface area (Å²) in [5.41, 5.74) is 2.53. The van der Waals surface area contributed by atoms with Crippen LogP contribution in [-0.2, 0) is 17.8 Å². The highest BCUT2D eigenvalue weighted by Crippen LogP contribution is 2.21. The minimum absolute atomic E-state index is 0.302. The lowest BCUT2D eigenvalue weighted by Gasteiger charge is -2.24. The fraction of sp³-hybridized carbons (Fsp3) is 0.269. The molecule has 0 heterocycles. The van der Waals surface area contributed by atoms with Crippen LogP contribution >= 0.6 is 0 Å². The quantitative estimate of drug-likeness (QED) is 0.453. The number of hydrogen-bond donors (Lipinski definition) is 1. The number of rotatable bonds is 10. The molecule has 1 atom stereocenters. The molecule has 0 spiro atoms. The van der Waals surface area contributed by atoms with Crippen molar-refractivity contribution < 1.29 is 18.7 Å². The second kappa shape index (κ2) is 11.9. The van der Waals surface area contributed by atoms with Crippen LogP contribution in [0, 0.1) is 5.82 Å². The van der Waals surface area contributed by atoms with Crippen molar-refractivity contribution in [3.63, 3.8) is 0 Å². The Kier molecular flexibility index (Phi) is 8.63. The van der Waals surface area contributed by atoms with Gasteiger partial charge in [0.15, 0.2) is 0 Å². The van der Waals surface area contributed by atoms with E-state index in [1.807, 2.05) is 67.6 Å². The van der Waals surface area contributed by atoms with Gasteiger partial charge in [0, 0.05) is 24.2 Å². The summed E-state index contributed by atoms with van der Waals surface area (Å²) in [6, 6.07) is 23.7. The Hall–Kier alpha value is -3.38. The van der Waals surface area contributed by atoms with E-state index in [1.165, 1.54) is 12.1 Å². The number of amides is 1. The summed E-state index contributed by atoms with van der Waals surface area (Å²) < 4.78 is 25.0. The first kappa shape index (κ1) is 23.3. The van der Waals surface area contributed by atoms with Crippen LogP contribution in [0.1, 0.15) is 24.5 Å². The molecule has 5 nitrogen and oxygen atoms in total. The SMILES string of the molecule is CNCc1cc(F)ccc1OCC[C@@H](C)OC(=O)N(Cc1ccccc1)c1ccccc1. The summed E-state index contributed by atoms with van der Waals surface area (Å²) in [6.45, 7) is 3.10. The largest absolute Gasteiger partial charge is 0.493 e. The highest BCUT2D eigenvalue weighted by atomic mass is 19.1. The third kappa shape index (κ3) is 6.82. The van der Waals surface area contributed by atoms with Gasteiger partial charge in [0.25, 0.3) is 0 Å². The number of ether oxygens (including phenoxy) is 2. The monoisotopic (exact) mass is 436 g/mol. The molecule has 0 unspecified atom stereocenters. The van der Waals surface area contributed by atoms with Crippen LogP contribution < -0.4 is 15.0 Å². The third-order valence-electron chi connectivity index (χ3n) is 4.95. The molecule has 0 saturated carbocycles. The first-order valence-corrected chi connectivity index (χ1v) is 10.7. The topological polar surface area (TPSA) is 50.8 Å². The zero-order valence-corrected chi connectivity index (χ0v) is 18.5. The molecular formula is C26H29FN2O3. The molecular weight excluding hydrogens is 407 g/mol. The van der Waals surface area contributed by atoms with Gasteiger partial charge in [0.05, 0.1) is 13.2 Å². The molecule has 3 aromatic rings. The van der Waals surface area contributed by atoms with Gasteiger partial charge in [0.2, 0.25) is 0 Å². The average Bonchev–Trinajstić information content (AvgIpc) is 2.80. The predicted molar refractivity (Wildman–Crippen MR) is 124 cm³/mol. The van der Waals surface area contributed by atoms with Gasteiger partial charge < -0.3 is 14.8 Å². The first-order valence-electron chi connectivity index (χ1n) is 10.7. The van der Waals surface area contributed by atoms with Crippen molar-refractivity contribution in [1.82, 2.24) is 5.32 Å². The minimum atomic E-state index is -0.412. The molecule has 3 aromatic carbocycles. The van der Waals surface area contributed by atoms with Gasteiger partial charge in [-0.05, 0) is 49.9 Å². The molecule has 1 amide bonds. The summed E-state index contributed by atoms with van der Waals surface area (Å²) in [4.78, 5) is 14.6. The highest BCUT2D eigenvalue weighted by molar-refractivity contribution is 5.87. The summed E-state index contributed by atoms with van der Waals surface area (Å²) >= 11 is 0. The van der Waals surface area contributed by atoms with Crippen LogP contribution in [0.15, 0.2) is 78.9 Å². The Morgan fingerprint density at radius 1 is 1.03 bits per heavy atom. The van der Waals surface area contributed by atoms with Crippen LogP contribution in [0.25, 0.3) is 0 Å². The smallest absolute Gasteiger partial charge is 0.414 e. The number of hydrogen-bond acceptors (Lipinski definition) is 4. The third-order valence-corrected chi connectivity index (χ3v) is 4.95. The van der Waals surface area contributed by atoms with E-state index in [0.717, 1.165) is 16.8 Å². The van der Waals surface area contributed by atoms with Crippen molar-refractivity contribution in [3.05, 3.63) is 95.8 Å². The zero-order valence-electron chi connectivity index (χ0n) is 18.5. The number of para-hydroxylation sites is 1. The van der Waals surface area contributed by atoms with Gasteiger partial charge in [-0.15, -0.1) is 0 Å². The number of nitrogens with zero attached hydrogens (tertiary/aromatic N) is 1. The van der Waals surface area contributed by atoms with Crippen molar-refractivity contribution in [2.45, 2.75) is 32.5 Å². The second-order valence-electron chi connectivity index (χ2n) is 7.52. The fourth-order valence-electron chi connectivity index (χ4n) is 3.28. The Balaban J connectivity index is 1.59. The van der Waals surface area contributed by atoms with Gasteiger partial charge >= 0.3 is 6.09 Å². The van der Waals surface area contributed by atoms with Crippen LogP contribution in [0.4, 0.5) is 14.9 Å². The molecule has 0 aliphatic rings. The molecule has 0 bridgehead atoms. The van der Waals surface area contributed by atoms with Crippen molar-refractivity contribution >= 4 is 11.8 Å². The standard InChI is InChI=1S/C26H29FN2O3/c1-20(15-16-31-25-14-13-23(27)17-22(25)18-28-2)32-26(30)29(24-11-7-4-8-12-24)19-21-9-5-3-6-10-21/h3-14,17,20,28H,15-16,18-19H2,1-2H3/t20-/m1/s1. The van der Waals surface area contributed by atoms with E-state index < -0.39 is 6.09 Å². The van der Waals surface area contributed by atoms with Crippen molar-refractivity contribution in [2.75, 3.05) is 18.6 Å². The molecule has 0 aromatic heterocycles. The first-order chi connectivity index (χ1) is 15.6. The lowest BCUT2D eigenvalue weighted by Crippen LogP contribution is -2.33. The Bertz CT molecular complexity index is 983. The molecule has 0 aliphatic carbocycles. The molecule has 1 N–H and O–H groups in total. The number of benzene rings is 3. The Labute approximate surface area is 188 Å². The zero-order chi connectivity index (χ0) is 22.8. The lowest BCUT2D eigenvalue weighted by atomic mass is 10.2. The maximum absolute atomic E-state index is 13.5. The predicted octanol–water partition coefficient (Wildman–Crippen LogP) is 5.55. The van der Waals surface area contributed by atoms with E-state index in [-0.39, 0.29) is 11.9 Å². The van der Waals surface area contributed by atoms with Gasteiger partial charge in [-0.3, -0.25) is 4.90 Å². The van der Waals surface area contributed by atoms with Crippen LogP contribution in [0.3, 0.4) is 0 Å². The maximum atomic E-state index is 13.5. The van der Waals surface area contributed by atoms with E-state index in [1.54, 1.807) is 18.0 Å². The molecule has 6 heteroatoms. The second-order valence-corrected chi connectivity index (χ2v) is 7.52. The van der Waals surface area contributed by atoms with Crippen molar-refractivity contribution in [1.29, 1.82) is 0 Å². The number of nitrogens with one attached hydrogen (secondary N) is 1. The molecule has 0 saturated heterocycles.